The second-order valence-electron chi connectivity index (χ2n) is 3.15. The Bertz CT molecular complexity index is 174. The van der Waals surface area contributed by atoms with Crippen LogP contribution in [0, 0.1) is 0 Å². The minimum Gasteiger partial charge on any atom is -0.345 e. The monoisotopic (exact) mass is 174 g/mol. The predicted octanol–water partition coefficient (Wildman–Crippen LogP) is 0.165. The molecule has 1 fully saturated rings. The molecule has 1 rings (SSSR count). The van der Waals surface area contributed by atoms with Crippen LogP contribution in [0.4, 0.5) is 4.39 Å². The summed E-state index contributed by atoms with van der Waals surface area (Å²) >= 11 is 0. The molecule has 4 heteroatoms. The van der Waals surface area contributed by atoms with Gasteiger partial charge in [0.1, 0.15) is 6.17 Å². The van der Waals surface area contributed by atoms with E-state index in [9.17, 15) is 9.18 Å². The number of carbonyl (C=O) groups excluding carboxylic acids is 1. The summed E-state index contributed by atoms with van der Waals surface area (Å²) in [7, 11) is 1.73. The lowest BCUT2D eigenvalue weighted by molar-refractivity contribution is -0.131. The van der Waals surface area contributed by atoms with Crippen LogP contribution in [-0.4, -0.2) is 43.2 Å². The SMILES string of the molecule is CCN(C)C(=O)[C@@H]1C[C@@H](F)CN1. The first-order valence-electron chi connectivity index (χ1n) is 4.27. The van der Waals surface area contributed by atoms with Crippen LogP contribution >= 0.6 is 0 Å². The molecule has 1 N–H and O–H groups in total. The van der Waals surface area contributed by atoms with Crippen molar-refractivity contribution in [3.05, 3.63) is 0 Å². The molecule has 1 aliphatic heterocycles. The number of nitrogens with zero attached hydrogens (tertiary/aromatic N) is 1. The lowest BCUT2D eigenvalue weighted by atomic mass is 10.2. The first-order chi connectivity index (χ1) is 5.65. The van der Waals surface area contributed by atoms with Gasteiger partial charge in [0.2, 0.25) is 5.91 Å². The number of nitrogens with one attached hydrogen (secondary N) is 1. The van der Waals surface area contributed by atoms with E-state index in [1.807, 2.05) is 6.92 Å². The molecule has 1 aliphatic rings. The lowest BCUT2D eigenvalue weighted by Crippen LogP contribution is -2.41. The first kappa shape index (κ1) is 9.45. The standard InChI is InChI=1S/C8H15FN2O/c1-3-11(2)8(12)7-4-6(9)5-10-7/h6-7,10H,3-5H2,1-2H3/t6-,7+/m1/s1. The molecule has 12 heavy (non-hydrogen) atoms. The number of rotatable bonds is 2. The summed E-state index contributed by atoms with van der Waals surface area (Å²) in [5.41, 5.74) is 0. The zero-order valence-corrected chi connectivity index (χ0v) is 7.51. The average Bonchev–Trinajstić information content (AvgIpc) is 2.49. The molecular formula is C8H15FN2O. The van der Waals surface area contributed by atoms with E-state index in [0.717, 1.165) is 0 Å². The molecule has 1 saturated heterocycles. The summed E-state index contributed by atoms with van der Waals surface area (Å²) < 4.78 is 12.7. The van der Waals surface area contributed by atoms with Crippen LogP contribution in [0.3, 0.4) is 0 Å². The average molecular weight is 174 g/mol. The lowest BCUT2D eigenvalue weighted by Gasteiger charge is -2.18. The van der Waals surface area contributed by atoms with Gasteiger partial charge in [0, 0.05) is 26.6 Å². The zero-order chi connectivity index (χ0) is 9.14. The summed E-state index contributed by atoms with van der Waals surface area (Å²) in [5.74, 6) is -0.00218. The van der Waals surface area contributed by atoms with Gasteiger partial charge in [-0.05, 0) is 6.92 Å². The number of halogens is 1. The molecule has 1 heterocycles. The van der Waals surface area contributed by atoms with Gasteiger partial charge in [-0.1, -0.05) is 0 Å². The maximum Gasteiger partial charge on any atom is 0.239 e. The van der Waals surface area contributed by atoms with E-state index >= 15 is 0 Å². The molecule has 3 nitrogen and oxygen atoms in total. The Morgan fingerprint density at radius 2 is 2.42 bits per heavy atom. The van der Waals surface area contributed by atoms with Crippen molar-refractivity contribution in [2.75, 3.05) is 20.1 Å². The number of likely N-dealkylation sites (N-methyl/N-ethyl adjacent to an activating group) is 1. The van der Waals surface area contributed by atoms with Gasteiger partial charge in [0.05, 0.1) is 6.04 Å². The summed E-state index contributed by atoms with van der Waals surface area (Å²) in [6, 6.07) is -0.301. The molecule has 0 aromatic carbocycles. The largest absolute Gasteiger partial charge is 0.345 e. The quantitative estimate of drug-likeness (QED) is 0.647. The fraction of sp³-hybridized carbons (Fsp3) is 0.875. The highest BCUT2D eigenvalue weighted by molar-refractivity contribution is 5.82. The molecule has 0 radical (unpaired) electrons. The highest BCUT2D eigenvalue weighted by atomic mass is 19.1. The van der Waals surface area contributed by atoms with Gasteiger partial charge in [-0.15, -0.1) is 0 Å². The van der Waals surface area contributed by atoms with Crippen molar-refractivity contribution in [3.8, 4) is 0 Å². The Morgan fingerprint density at radius 1 is 1.75 bits per heavy atom. The van der Waals surface area contributed by atoms with Crippen molar-refractivity contribution in [3.63, 3.8) is 0 Å². The van der Waals surface area contributed by atoms with Crippen LogP contribution in [0.15, 0.2) is 0 Å². The van der Waals surface area contributed by atoms with E-state index in [1.165, 1.54) is 0 Å². The van der Waals surface area contributed by atoms with Gasteiger partial charge in [0.15, 0.2) is 0 Å². The number of hydrogen-bond acceptors (Lipinski definition) is 2. The normalized spacial score (nSPS) is 28.9. The molecule has 0 spiro atoms. The Morgan fingerprint density at radius 3 is 2.83 bits per heavy atom. The third-order valence-electron chi connectivity index (χ3n) is 2.23. The summed E-state index contributed by atoms with van der Waals surface area (Å²) in [6.45, 7) is 2.89. The van der Waals surface area contributed by atoms with Gasteiger partial charge < -0.3 is 10.2 Å². The highest BCUT2D eigenvalue weighted by Gasteiger charge is 2.30. The van der Waals surface area contributed by atoms with E-state index in [4.69, 9.17) is 0 Å². The van der Waals surface area contributed by atoms with Crippen LogP contribution in [0.5, 0.6) is 0 Å². The third-order valence-corrected chi connectivity index (χ3v) is 2.23. The predicted molar refractivity (Wildman–Crippen MR) is 44.6 cm³/mol. The Labute approximate surface area is 71.9 Å². The topological polar surface area (TPSA) is 32.3 Å². The van der Waals surface area contributed by atoms with Crippen molar-refractivity contribution >= 4 is 5.91 Å². The van der Waals surface area contributed by atoms with Gasteiger partial charge in [-0.25, -0.2) is 4.39 Å². The van der Waals surface area contributed by atoms with Crippen molar-refractivity contribution < 1.29 is 9.18 Å². The van der Waals surface area contributed by atoms with E-state index in [0.29, 0.717) is 19.5 Å². The summed E-state index contributed by atoms with van der Waals surface area (Å²) in [6.07, 6.45) is -0.535. The minimum absolute atomic E-state index is 0.00218. The smallest absolute Gasteiger partial charge is 0.239 e. The van der Waals surface area contributed by atoms with Gasteiger partial charge in [-0.2, -0.15) is 0 Å². The van der Waals surface area contributed by atoms with Crippen LogP contribution in [0.2, 0.25) is 0 Å². The van der Waals surface area contributed by atoms with Crippen molar-refractivity contribution in [1.29, 1.82) is 0 Å². The van der Waals surface area contributed by atoms with E-state index < -0.39 is 6.17 Å². The molecule has 0 aromatic heterocycles. The molecule has 0 aromatic rings. The van der Waals surface area contributed by atoms with E-state index in [-0.39, 0.29) is 11.9 Å². The molecule has 0 aliphatic carbocycles. The molecule has 1 amide bonds. The number of amides is 1. The molecule has 2 atom stereocenters. The maximum absolute atomic E-state index is 12.7. The van der Waals surface area contributed by atoms with E-state index in [2.05, 4.69) is 5.32 Å². The number of alkyl halides is 1. The summed E-state index contributed by atoms with van der Waals surface area (Å²) in [4.78, 5) is 13.0. The van der Waals surface area contributed by atoms with Crippen molar-refractivity contribution in [2.24, 2.45) is 0 Å². The molecular weight excluding hydrogens is 159 g/mol. The van der Waals surface area contributed by atoms with Gasteiger partial charge >= 0.3 is 0 Å². The number of carbonyl (C=O) groups is 1. The van der Waals surface area contributed by atoms with E-state index in [1.54, 1.807) is 11.9 Å². The Kier molecular flexibility index (Phi) is 3.03. The Balaban J connectivity index is 2.43. The van der Waals surface area contributed by atoms with Crippen molar-refractivity contribution in [2.45, 2.75) is 25.6 Å². The van der Waals surface area contributed by atoms with Gasteiger partial charge in [0.25, 0.3) is 0 Å². The second-order valence-corrected chi connectivity index (χ2v) is 3.15. The first-order valence-corrected chi connectivity index (χ1v) is 4.27. The number of hydrogen-bond donors (Lipinski definition) is 1. The minimum atomic E-state index is -0.857. The highest BCUT2D eigenvalue weighted by Crippen LogP contribution is 2.11. The Hall–Kier alpha value is -0.640. The molecule has 0 unspecified atom stereocenters. The van der Waals surface area contributed by atoms with Crippen LogP contribution in [-0.2, 0) is 4.79 Å². The van der Waals surface area contributed by atoms with Crippen LogP contribution in [0.25, 0.3) is 0 Å². The third kappa shape index (κ3) is 1.94. The molecule has 70 valence electrons. The van der Waals surface area contributed by atoms with Crippen LogP contribution < -0.4 is 5.32 Å². The fourth-order valence-electron chi connectivity index (χ4n) is 1.30. The maximum atomic E-state index is 12.7. The summed E-state index contributed by atoms with van der Waals surface area (Å²) in [5, 5.41) is 2.86. The van der Waals surface area contributed by atoms with Crippen molar-refractivity contribution in [1.82, 2.24) is 10.2 Å². The van der Waals surface area contributed by atoms with Gasteiger partial charge in [-0.3, -0.25) is 4.79 Å². The molecule has 0 bridgehead atoms. The second kappa shape index (κ2) is 3.85. The molecule has 0 saturated carbocycles. The van der Waals surface area contributed by atoms with Crippen LogP contribution in [0.1, 0.15) is 13.3 Å². The fourth-order valence-corrected chi connectivity index (χ4v) is 1.30. The zero-order valence-electron chi connectivity index (χ0n) is 7.51.